The third-order valence-corrected chi connectivity index (χ3v) is 1.53. The fourth-order valence-electron chi connectivity index (χ4n) is 1.01. The second-order valence-corrected chi connectivity index (χ2v) is 2.81. The van der Waals surface area contributed by atoms with Crippen LogP contribution in [0.1, 0.15) is 6.92 Å². The van der Waals surface area contributed by atoms with Crippen molar-refractivity contribution < 1.29 is 14.3 Å². The zero-order valence-electron chi connectivity index (χ0n) is 8.14. The molecule has 2 rings (SSSR count). The topological polar surface area (TPSA) is 67.5 Å². The highest BCUT2D eigenvalue weighted by atomic mass is 16.4. The number of rotatable bonds is 0. The average Bonchev–Trinajstić information content (AvgIpc) is 2.16. The SMILES string of the molecule is CC(=O)O.O=c1ccc2ccccc2o1. The minimum atomic E-state index is -0.833. The number of benzene rings is 1. The fourth-order valence-corrected chi connectivity index (χ4v) is 1.01. The number of hydrogen-bond acceptors (Lipinski definition) is 3. The van der Waals surface area contributed by atoms with Crippen molar-refractivity contribution in [3.05, 3.63) is 46.8 Å². The van der Waals surface area contributed by atoms with Crippen molar-refractivity contribution in [2.24, 2.45) is 0 Å². The highest BCUT2D eigenvalue weighted by Gasteiger charge is 1.92. The van der Waals surface area contributed by atoms with Crippen LogP contribution >= 0.6 is 0 Å². The van der Waals surface area contributed by atoms with Gasteiger partial charge in [0.2, 0.25) is 0 Å². The van der Waals surface area contributed by atoms with Crippen molar-refractivity contribution in [1.82, 2.24) is 0 Å². The molecule has 4 nitrogen and oxygen atoms in total. The number of aliphatic carboxylic acids is 1. The van der Waals surface area contributed by atoms with Gasteiger partial charge in [-0.2, -0.15) is 0 Å². The molecule has 0 spiro atoms. The van der Waals surface area contributed by atoms with Crippen LogP contribution < -0.4 is 5.63 Å². The average molecular weight is 206 g/mol. The molecule has 0 atom stereocenters. The molecule has 0 saturated heterocycles. The summed E-state index contributed by atoms with van der Waals surface area (Å²) in [5, 5.41) is 8.37. The third kappa shape index (κ3) is 3.64. The van der Waals surface area contributed by atoms with Gasteiger partial charge < -0.3 is 9.52 Å². The molecule has 1 aromatic heterocycles. The van der Waals surface area contributed by atoms with Crippen LogP contribution in [0.2, 0.25) is 0 Å². The van der Waals surface area contributed by atoms with Crippen LogP contribution in [0.4, 0.5) is 0 Å². The fraction of sp³-hybridized carbons (Fsp3) is 0.0909. The lowest BCUT2D eigenvalue weighted by atomic mass is 10.2. The molecular formula is C11H10O4. The Hall–Kier alpha value is -2.10. The Morgan fingerprint density at radius 3 is 2.47 bits per heavy atom. The molecule has 0 aliphatic heterocycles. The largest absolute Gasteiger partial charge is 0.481 e. The van der Waals surface area contributed by atoms with Crippen molar-refractivity contribution in [2.45, 2.75) is 6.92 Å². The maximum atomic E-state index is 10.7. The molecule has 0 saturated carbocycles. The van der Waals surface area contributed by atoms with Crippen LogP contribution in [0.5, 0.6) is 0 Å². The van der Waals surface area contributed by atoms with Crippen molar-refractivity contribution in [3.63, 3.8) is 0 Å². The van der Waals surface area contributed by atoms with Gasteiger partial charge in [0.15, 0.2) is 0 Å². The molecule has 0 aliphatic carbocycles. The van der Waals surface area contributed by atoms with Gasteiger partial charge in [-0.05, 0) is 12.1 Å². The Kier molecular flexibility index (Phi) is 3.62. The van der Waals surface area contributed by atoms with Crippen LogP contribution in [0, 0.1) is 0 Å². The van der Waals surface area contributed by atoms with Crippen molar-refractivity contribution in [3.8, 4) is 0 Å². The van der Waals surface area contributed by atoms with Gasteiger partial charge >= 0.3 is 5.63 Å². The predicted molar refractivity (Wildman–Crippen MR) is 55.8 cm³/mol. The lowest BCUT2D eigenvalue weighted by Gasteiger charge is -1.91. The summed E-state index contributed by atoms with van der Waals surface area (Å²) in [5.41, 5.74) is 0.337. The maximum Gasteiger partial charge on any atom is 0.336 e. The Bertz CT molecular complexity index is 509. The van der Waals surface area contributed by atoms with Gasteiger partial charge in [0.1, 0.15) is 5.58 Å². The van der Waals surface area contributed by atoms with Gasteiger partial charge in [0, 0.05) is 18.4 Å². The molecule has 78 valence electrons. The molecule has 1 N–H and O–H groups in total. The van der Waals surface area contributed by atoms with Crippen LogP contribution in [0.25, 0.3) is 11.0 Å². The highest BCUT2D eigenvalue weighted by molar-refractivity contribution is 5.75. The number of carboxylic acids is 1. The molecule has 0 unspecified atom stereocenters. The molecule has 4 heteroatoms. The van der Waals surface area contributed by atoms with Crippen molar-refractivity contribution >= 4 is 16.9 Å². The normalized spacial score (nSPS) is 9.13. The van der Waals surface area contributed by atoms with E-state index in [1.807, 2.05) is 18.2 Å². The molecule has 0 bridgehead atoms. The van der Waals surface area contributed by atoms with Crippen LogP contribution in [-0.4, -0.2) is 11.1 Å². The molecular weight excluding hydrogens is 196 g/mol. The summed E-state index contributed by atoms with van der Waals surface area (Å²) in [6.07, 6.45) is 0. The van der Waals surface area contributed by atoms with E-state index in [9.17, 15) is 4.79 Å². The van der Waals surface area contributed by atoms with E-state index < -0.39 is 5.97 Å². The Labute approximate surface area is 85.8 Å². The molecule has 0 aliphatic rings. The van der Waals surface area contributed by atoms with Crippen molar-refractivity contribution in [2.75, 3.05) is 0 Å². The van der Waals surface area contributed by atoms with E-state index in [4.69, 9.17) is 14.3 Å². The van der Waals surface area contributed by atoms with Crippen molar-refractivity contribution in [1.29, 1.82) is 0 Å². The van der Waals surface area contributed by atoms with Crippen LogP contribution in [0.15, 0.2) is 45.6 Å². The lowest BCUT2D eigenvalue weighted by molar-refractivity contribution is -0.134. The smallest absolute Gasteiger partial charge is 0.336 e. The summed E-state index contributed by atoms with van der Waals surface area (Å²) in [4.78, 5) is 19.7. The van der Waals surface area contributed by atoms with E-state index >= 15 is 0 Å². The first-order valence-corrected chi connectivity index (χ1v) is 4.28. The zero-order chi connectivity index (χ0) is 11.3. The Morgan fingerprint density at radius 2 is 1.80 bits per heavy atom. The van der Waals surface area contributed by atoms with Gasteiger partial charge in [0.05, 0.1) is 0 Å². The number of para-hydroxylation sites is 1. The predicted octanol–water partition coefficient (Wildman–Crippen LogP) is 1.88. The number of fused-ring (bicyclic) bond motifs is 1. The zero-order valence-corrected chi connectivity index (χ0v) is 8.14. The minimum absolute atomic E-state index is 0.302. The molecule has 15 heavy (non-hydrogen) atoms. The van der Waals surface area contributed by atoms with E-state index in [1.165, 1.54) is 6.07 Å². The molecule has 0 radical (unpaired) electrons. The maximum absolute atomic E-state index is 10.7. The first-order chi connectivity index (χ1) is 7.09. The van der Waals surface area contributed by atoms with Gasteiger partial charge in [-0.15, -0.1) is 0 Å². The summed E-state index contributed by atoms with van der Waals surface area (Å²) < 4.78 is 4.91. The quantitative estimate of drug-likeness (QED) is 0.668. The summed E-state index contributed by atoms with van der Waals surface area (Å²) in [6.45, 7) is 1.08. The first-order valence-electron chi connectivity index (χ1n) is 4.28. The highest BCUT2D eigenvalue weighted by Crippen LogP contribution is 2.08. The summed E-state index contributed by atoms with van der Waals surface area (Å²) in [6, 6.07) is 10.6. The molecule has 2 aromatic rings. The van der Waals surface area contributed by atoms with Gasteiger partial charge in [-0.1, -0.05) is 18.2 Å². The van der Waals surface area contributed by atoms with E-state index in [-0.39, 0.29) is 5.63 Å². The molecule has 0 fully saturated rings. The van der Waals surface area contributed by atoms with E-state index in [1.54, 1.807) is 12.1 Å². The number of hydrogen-bond donors (Lipinski definition) is 1. The van der Waals surface area contributed by atoms with E-state index in [0.717, 1.165) is 12.3 Å². The van der Waals surface area contributed by atoms with E-state index in [0.29, 0.717) is 5.58 Å². The lowest BCUT2D eigenvalue weighted by Crippen LogP contribution is -1.93. The van der Waals surface area contributed by atoms with Gasteiger partial charge in [0.25, 0.3) is 5.97 Å². The summed E-state index contributed by atoms with van der Waals surface area (Å²) in [7, 11) is 0. The Balaban J connectivity index is 0.000000245. The van der Waals surface area contributed by atoms with Gasteiger partial charge in [-0.3, -0.25) is 4.79 Å². The van der Waals surface area contributed by atoms with E-state index in [2.05, 4.69) is 0 Å². The monoisotopic (exact) mass is 206 g/mol. The summed E-state index contributed by atoms with van der Waals surface area (Å²) in [5.74, 6) is -0.833. The summed E-state index contributed by atoms with van der Waals surface area (Å²) >= 11 is 0. The Morgan fingerprint density at radius 1 is 1.20 bits per heavy atom. The second-order valence-electron chi connectivity index (χ2n) is 2.81. The minimum Gasteiger partial charge on any atom is -0.481 e. The number of carbonyl (C=O) groups is 1. The first kappa shape index (κ1) is 11.0. The molecule has 0 amide bonds. The van der Waals surface area contributed by atoms with Crippen LogP contribution in [0.3, 0.4) is 0 Å². The van der Waals surface area contributed by atoms with Crippen LogP contribution in [-0.2, 0) is 4.79 Å². The third-order valence-electron chi connectivity index (χ3n) is 1.53. The standard InChI is InChI=1S/C9H6O2.C2H4O2/c10-9-6-5-7-3-1-2-4-8(7)11-9;1-2(3)4/h1-6H;1H3,(H,3,4). The number of carboxylic acid groups (broad SMARTS) is 1. The second kappa shape index (κ2) is 4.95. The van der Waals surface area contributed by atoms with Gasteiger partial charge in [-0.25, -0.2) is 4.79 Å². The molecule has 1 heterocycles. The molecule has 1 aromatic carbocycles.